The fraction of sp³-hybridized carbons (Fsp3) is 0.600. The topological polar surface area (TPSA) is 73.9 Å². The monoisotopic (exact) mass is 374 g/mol. The Balaban J connectivity index is 1.51. The van der Waals surface area contributed by atoms with Crippen LogP contribution in [0.2, 0.25) is 0 Å². The van der Waals surface area contributed by atoms with E-state index in [9.17, 15) is 9.59 Å². The minimum absolute atomic E-state index is 0.0674. The maximum absolute atomic E-state index is 12.5. The van der Waals surface area contributed by atoms with E-state index in [1.165, 1.54) is 19.3 Å². The fourth-order valence-corrected chi connectivity index (χ4v) is 3.75. The quantitative estimate of drug-likeness (QED) is 0.847. The highest BCUT2D eigenvalue weighted by molar-refractivity contribution is 5.93. The molecule has 2 aliphatic rings. The summed E-state index contributed by atoms with van der Waals surface area (Å²) in [6.45, 7) is 5.47. The zero-order chi connectivity index (χ0) is 19.1. The predicted octanol–water partition coefficient (Wildman–Crippen LogP) is 3.42. The van der Waals surface area contributed by atoms with Crippen LogP contribution in [0.3, 0.4) is 0 Å². The fourth-order valence-electron chi connectivity index (χ4n) is 3.75. The van der Waals surface area contributed by atoms with Crippen molar-refractivity contribution in [2.75, 3.05) is 43.0 Å². The molecular formula is C20H30N4O3. The zero-order valence-corrected chi connectivity index (χ0v) is 16.1. The summed E-state index contributed by atoms with van der Waals surface area (Å²) in [5.74, 6) is 0. The van der Waals surface area contributed by atoms with Gasteiger partial charge in [0.1, 0.15) is 0 Å². The van der Waals surface area contributed by atoms with Crippen LogP contribution in [0.1, 0.15) is 39.0 Å². The second kappa shape index (κ2) is 9.48. The van der Waals surface area contributed by atoms with E-state index in [1.807, 2.05) is 18.2 Å². The van der Waals surface area contributed by atoms with Gasteiger partial charge in [-0.05, 0) is 51.2 Å². The van der Waals surface area contributed by atoms with Gasteiger partial charge in [-0.25, -0.2) is 9.59 Å². The number of ether oxygens (including phenoxy) is 1. The molecule has 27 heavy (non-hydrogen) atoms. The molecule has 0 unspecified atom stereocenters. The van der Waals surface area contributed by atoms with Crippen LogP contribution in [0.5, 0.6) is 0 Å². The summed E-state index contributed by atoms with van der Waals surface area (Å²) in [5.41, 5.74) is 1.94. The van der Waals surface area contributed by atoms with Crippen LogP contribution < -0.4 is 15.5 Å². The van der Waals surface area contributed by atoms with Gasteiger partial charge < -0.3 is 25.2 Å². The smallest absolute Gasteiger partial charge is 0.409 e. The van der Waals surface area contributed by atoms with Crippen molar-refractivity contribution in [2.45, 2.75) is 45.1 Å². The first-order chi connectivity index (χ1) is 13.2. The highest BCUT2D eigenvalue weighted by Crippen LogP contribution is 2.28. The van der Waals surface area contributed by atoms with Gasteiger partial charge in [0.25, 0.3) is 0 Å². The highest BCUT2D eigenvalue weighted by atomic mass is 16.6. The van der Waals surface area contributed by atoms with E-state index in [2.05, 4.69) is 21.6 Å². The molecule has 1 aromatic carbocycles. The van der Waals surface area contributed by atoms with Crippen LogP contribution in [0.4, 0.5) is 21.0 Å². The van der Waals surface area contributed by atoms with E-state index >= 15 is 0 Å². The number of carbonyl (C=O) groups excluding carboxylic acids is 2. The Morgan fingerprint density at radius 3 is 2.48 bits per heavy atom. The number of likely N-dealkylation sites (tertiary alicyclic amines) is 1. The van der Waals surface area contributed by atoms with E-state index < -0.39 is 0 Å². The number of nitrogens with zero attached hydrogens (tertiary/aromatic N) is 2. The number of anilines is 2. The van der Waals surface area contributed by atoms with Crippen LogP contribution in [-0.2, 0) is 4.74 Å². The predicted molar refractivity (Wildman–Crippen MR) is 106 cm³/mol. The van der Waals surface area contributed by atoms with Crippen molar-refractivity contribution in [1.29, 1.82) is 0 Å². The van der Waals surface area contributed by atoms with Gasteiger partial charge in [-0.15, -0.1) is 0 Å². The average molecular weight is 374 g/mol. The summed E-state index contributed by atoms with van der Waals surface area (Å²) in [7, 11) is 0. The zero-order valence-electron chi connectivity index (χ0n) is 16.1. The Morgan fingerprint density at radius 1 is 1.07 bits per heavy atom. The molecule has 2 aliphatic heterocycles. The Labute approximate surface area is 161 Å². The number of hydrogen-bond acceptors (Lipinski definition) is 4. The van der Waals surface area contributed by atoms with Crippen molar-refractivity contribution < 1.29 is 14.3 Å². The maximum atomic E-state index is 12.5. The van der Waals surface area contributed by atoms with E-state index in [1.54, 1.807) is 11.8 Å². The molecule has 3 rings (SSSR count). The molecule has 2 saturated heterocycles. The summed E-state index contributed by atoms with van der Waals surface area (Å²) >= 11 is 0. The van der Waals surface area contributed by atoms with Gasteiger partial charge >= 0.3 is 12.1 Å². The third kappa shape index (κ3) is 5.28. The Hall–Kier alpha value is -2.44. The molecule has 2 fully saturated rings. The number of carbonyl (C=O) groups is 2. The molecule has 1 aromatic rings. The number of benzene rings is 1. The molecule has 2 N–H and O–H groups in total. The van der Waals surface area contributed by atoms with Crippen LogP contribution in [0.15, 0.2) is 24.3 Å². The van der Waals surface area contributed by atoms with Crippen molar-refractivity contribution in [2.24, 2.45) is 0 Å². The van der Waals surface area contributed by atoms with Crippen LogP contribution >= 0.6 is 0 Å². The van der Waals surface area contributed by atoms with Crippen molar-refractivity contribution in [3.63, 3.8) is 0 Å². The van der Waals surface area contributed by atoms with Gasteiger partial charge in [-0.3, -0.25) is 0 Å². The minimum atomic E-state index is -0.268. The Kier molecular flexibility index (Phi) is 6.79. The van der Waals surface area contributed by atoms with Gasteiger partial charge in [0.2, 0.25) is 0 Å². The normalized spacial score (nSPS) is 18.1. The first-order valence-electron chi connectivity index (χ1n) is 10.0. The second-order valence-electron chi connectivity index (χ2n) is 7.12. The van der Waals surface area contributed by atoms with Crippen molar-refractivity contribution >= 4 is 23.5 Å². The van der Waals surface area contributed by atoms with Crippen molar-refractivity contribution in [1.82, 2.24) is 10.2 Å². The molecule has 0 saturated carbocycles. The van der Waals surface area contributed by atoms with Crippen LogP contribution in [0, 0.1) is 0 Å². The Morgan fingerprint density at radius 2 is 1.78 bits per heavy atom. The number of hydrogen-bond donors (Lipinski definition) is 2. The van der Waals surface area contributed by atoms with E-state index in [4.69, 9.17) is 4.74 Å². The molecule has 0 aliphatic carbocycles. The summed E-state index contributed by atoms with van der Waals surface area (Å²) in [6.07, 6.45) is 4.87. The van der Waals surface area contributed by atoms with Gasteiger partial charge in [0.15, 0.2) is 0 Å². The molecule has 0 aromatic heterocycles. The molecule has 0 radical (unpaired) electrons. The lowest BCUT2D eigenvalue weighted by Crippen LogP contribution is -2.47. The number of piperidine rings is 2. The minimum Gasteiger partial charge on any atom is -0.450 e. The molecule has 7 heteroatoms. The molecule has 0 spiro atoms. The summed E-state index contributed by atoms with van der Waals surface area (Å²) < 4.78 is 5.03. The van der Waals surface area contributed by atoms with E-state index in [0.717, 1.165) is 37.3 Å². The summed E-state index contributed by atoms with van der Waals surface area (Å²) in [6, 6.07) is 7.86. The third-order valence-electron chi connectivity index (χ3n) is 5.21. The standard InChI is InChI=1S/C20H30N4O3/c1-2-27-20(26)24-14-10-16(11-15-24)21-19(25)22-17-8-4-5-9-18(17)23-12-6-3-7-13-23/h4-5,8-9,16H,2-3,6-7,10-15H2,1H3,(H2,21,22,25). The molecule has 2 heterocycles. The van der Waals surface area contributed by atoms with Crippen LogP contribution in [-0.4, -0.2) is 55.9 Å². The van der Waals surface area contributed by atoms with Crippen molar-refractivity contribution in [3.05, 3.63) is 24.3 Å². The lowest BCUT2D eigenvalue weighted by molar-refractivity contribution is 0.0959. The average Bonchev–Trinajstić information content (AvgIpc) is 2.70. The molecule has 148 valence electrons. The number of urea groups is 1. The molecule has 0 atom stereocenters. The first-order valence-corrected chi connectivity index (χ1v) is 10.0. The lowest BCUT2D eigenvalue weighted by Gasteiger charge is -2.32. The number of amides is 3. The van der Waals surface area contributed by atoms with Crippen molar-refractivity contribution in [3.8, 4) is 0 Å². The van der Waals surface area contributed by atoms with E-state index in [0.29, 0.717) is 19.7 Å². The van der Waals surface area contributed by atoms with Gasteiger partial charge in [-0.2, -0.15) is 0 Å². The largest absolute Gasteiger partial charge is 0.450 e. The van der Waals surface area contributed by atoms with E-state index in [-0.39, 0.29) is 18.2 Å². The summed E-state index contributed by atoms with van der Waals surface area (Å²) in [4.78, 5) is 28.3. The second-order valence-corrected chi connectivity index (χ2v) is 7.12. The lowest BCUT2D eigenvalue weighted by atomic mass is 10.1. The highest BCUT2D eigenvalue weighted by Gasteiger charge is 2.25. The molecular weight excluding hydrogens is 344 g/mol. The summed E-state index contributed by atoms with van der Waals surface area (Å²) in [5, 5.41) is 6.05. The molecule has 7 nitrogen and oxygen atoms in total. The van der Waals surface area contributed by atoms with Gasteiger partial charge in [0.05, 0.1) is 18.0 Å². The van der Waals surface area contributed by atoms with Gasteiger partial charge in [0, 0.05) is 32.2 Å². The third-order valence-corrected chi connectivity index (χ3v) is 5.21. The number of para-hydroxylation sites is 2. The van der Waals surface area contributed by atoms with Gasteiger partial charge in [-0.1, -0.05) is 12.1 Å². The maximum Gasteiger partial charge on any atom is 0.409 e. The molecule has 0 bridgehead atoms. The first kappa shape index (κ1) is 19.3. The number of nitrogens with one attached hydrogen (secondary N) is 2. The molecule has 3 amide bonds. The van der Waals surface area contributed by atoms with Crippen LogP contribution in [0.25, 0.3) is 0 Å². The Bertz CT molecular complexity index is 638. The SMILES string of the molecule is CCOC(=O)N1CCC(NC(=O)Nc2ccccc2N2CCCCC2)CC1. The number of rotatable bonds is 4.